The highest BCUT2D eigenvalue weighted by Crippen LogP contribution is 2.15. The van der Waals surface area contributed by atoms with Crippen LogP contribution in [-0.2, 0) is 16.0 Å². The topological polar surface area (TPSA) is 33.7 Å². The number of hydrogen-bond donors (Lipinski definition) is 1. The van der Waals surface area contributed by atoms with Crippen LogP contribution in [0.3, 0.4) is 0 Å². The average molecular weight is 322 g/mol. The summed E-state index contributed by atoms with van der Waals surface area (Å²) in [6.07, 6.45) is 4.86. The van der Waals surface area contributed by atoms with Crippen LogP contribution in [0.15, 0.2) is 24.3 Å². The van der Waals surface area contributed by atoms with Gasteiger partial charge >= 0.3 is 0 Å². The molecule has 128 valence electrons. The first-order chi connectivity index (χ1) is 11.3. The highest BCUT2D eigenvalue weighted by Gasteiger charge is 2.20. The van der Waals surface area contributed by atoms with Crippen molar-refractivity contribution in [1.82, 2.24) is 10.2 Å². The standard InChI is InChI=1S/C18H27FN2O2/c19-16-3-1-15(2-4-16)13-20-17-5-9-21(10-6-17)11-7-18-8-12-22-14-23-18/h1-4,17-18,20H,5-14H2. The van der Waals surface area contributed by atoms with Crippen LogP contribution >= 0.6 is 0 Å². The summed E-state index contributed by atoms with van der Waals surface area (Å²) in [7, 11) is 0. The lowest BCUT2D eigenvalue weighted by molar-refractivity contribution is -0.141. The SMILES string of the molecule is Fc1ccc(CNC2CCN(CCC3CCOCO3)CC2)cc1. The second kappa shape index (κ2) is 8.73. The van der Waals surface area contributed by atoms with Gasteiger partial charge < -0.3 is 19.7 Å². The van der Waals surface area contributed by atoms with E-state index in [4.69, 9.17) is 9.47 Å². The summed E-state index contributed by atoms with van der Waals surface area (Å²) in [5, 5.41) is 3.59. The lowest BCUT2D eigenvalue weighted by Crippen LogP contribution is -2.43. The van der Waals surface area contributed by atoms with E-state index >= 15 is 0 Å². The molecule has 5 heteroatoms. The Morgan fingerprint density at radius 1 is 1.13 bits per heavy atom. The molecule has 1 atom stereocenters. The first kappa shape index (κ1) is 16.8. The molecule has 0 saturated carbocycles. The van der Waals surface area contributed by atoms with Crippen LogP contribution in [-0.4, -0.2) is 50.1 Å². The van der Waals surface area contributed by atoms with Crippen LogP contribution < -0.4 is 5.32 Å². The molecule has 4 nitrogen and oxygen atoms in total. The zero-order valence-electron chi connectivity index (χ0n) is 13.7. The van der Waals surface area contributed by atoms with Gasteiger partial charge in [0, 0.05) is 19.1 Å². The van der Waals surface area contributed by atoms with Crippen molar-refractivity contribution in [2.24, 2.45) is 0 Å². The van der Waals surface area contributed by atoms with Crippen molar-refractivity contribution in [3.8, 4) is 0 Å². The Hall–Kier alpha value is -1.01. The Labute approximate surface area is 138 Å². The van der Waals surface area contributed by atoms with E-state index in [1.54, 1.807) is 0 Å². The minimum atomic E-state index is -0.171. The molecule has 0 spiro atoms. The van der Waals surface area contributed by atoms with E-state index in [0.717, 1.165) is 51.2 Å². The number of ether oxygens (including phenoxy) is 2. The van der Waals surface area contributed by atoms with Gasteiger partial charge in [-0.15, -0.1) is 0 Å². The van der Waals surface area contributed by atoms with E-state index in [1.807, 2.05) is 12.1 Å². The Morgan fingerprint density at radius 3 is 2.61 bits per heavy atom. The van der Waals surface area contributed by atoms with Crippen LogP contribution in [0.1, 0.15) is 31.2 Å². The van der Waals surface area contributed by atoms with E-state index < -0.39 is 0 Å². The van der Waals surface area contributed by atoms with E-state index in [-0.39, 0.29) is 5.82 Å². The Morgan fingerprint density at radius 2 is 1.91 bits per heavy atom. The Kier molecular flexibility index (Phi) is 6.39. The molecular formula is C18H27FN2O2. The molecule has 1 N–H and O–H groups in total. The molecule has 2 aliphatic rings. The van der Waals surface area contributed by atoms with Crippen molar-refractivity contribution in [2.75, 3.05) is 33.0 Å². The quantitative estimate of drug-likeness (QED) is 0.873. The number of hydrogen-bond acceptors (Lipinski definition) is 4. The molecule has 0 bridgehead atoms. The summed E-state index contributed by atoms with van der Waals surface area (Å²) in [5.41, 5.74) is 1.14. The molecule has 3 rings (SSSR count). The van der Waals surface area contributed by atoms with E-state index in [2.05, 4.69) is 10.2 Å². The third-order valence-electron chi connectivity index (χ3n) is 4.83. The highest BCUT2D eigenvalue weighted by molar-refractivity contribution is 5.15. The zero-order chi connectivity index (χ0) is 15.9. The number of likely N-dealkylation sites (tertiary alicyclic amines) is 1. The van der Waals surface area contributed by atoms with Gasteiger partial charge in [-0.05, 0) is 56.5 Å². The molecule has 0 aromatic heterocycles. The molecule has 2 aliphatic heterocycles. The number of piperidine rings is 1. The molecule has 0 radical (unpaired) electrons. The Bertz CT molecular complexity index is 455. The highest BCUT2D eigenvalue weighted by atomic mass is 19.1. The third kappa shape index (κ3) is 5.53. The van der Waals surface area contributed by atoms with Crippen molar-refractivity contribution >= 4 is 0 Å². The molecular weight excluding hydrogens is 295 g/mol. The largest absolute Gasteiger partial charge is 0.355 e. The van der Waals surface area contributed by atoms with E-state index in [0.29, 0.717) is 18.9 Å². The molecule has 1 unspecified atom stereocenters. The summed E-state index contributed by atoms with van der Waals surface area (Å²) in [4.78, 5) is 2.54. The molecule has 2 fully saturated rings. The molecule has 1 aromatic carbocycles. The predicted molar refractivity (Wildman–Crippen MR) is 87.6 cm³/mol. The number of benzene rings is 1. The van der Waals surface area contributed by atoms with Gasteiger partial charge in [0.25, 0.3) is 0 Å². The molecule has 2 saturated heterocycles. The lowest BCUT2D eigenvalue weighted by atomic mass is 10.0. The van der Waals surface area contributed by atoms with Crippen molar-refractivity contribution in [2.45, 2.75) is 44.4 Å². The second-order valence-electron chi connectivity index (χ2n) is 6.52. The average Bonchev–Trinajstić information content (AvgIpc) is 2.61. The predicted octanol–water partition coefficient (Wildman–Crippen LogP) is 2.53. The van der Waals surface area contributed by atoms with Gasteiger partial charge in [0.1, 0.15) is 12.6 Å². The second-order valence-corrected chi connectivity index (χ2v) is 6.52. The van der Waals surface area contributed by atoms with E-state index in [1.165, 1.54) is 25.0 Å². The monoisotopic (exact) mass is 322 g/mol. The van der Waals surface area contributed by atoms with Crippen LogP contribution in [0.4, 0.5) is 4.39 Å². The van der Waals surface area contributed by atoms with Gasteiger partial charge in [-0.1, -0.05) is 12.1 Å². The minimum Gasteiger partial charge on any atom is -0.355 e. The molecule has 0 amide bonds. The summed E-state index contributed by atoms with van der Waals surface area (Å²) < 4.78 is 23.7. The fourth-order valence-corrected chi connectivity index (χ4v) is 3.28. The van der Waals surface area contributed by atoms with Crippen LogP contribution in [0.5, 0.6) is 0 Å². The summed E-state index contributed by atoms with van der Waals surface area (Å²) >= 11 is 0. The fraction of sp³-hybridized carbons (Fsp3) is 0.667. The fourth-order valence-electron chi connectivity index (χ4n) is 3.28. The van der Waals surface area contributed by atoms with Crippen LogP contribution in [0, 0.1) is 5.82 Å². The number of nitrogens with zero attached hydrogens (tertiary/aromatic N) is 1. The molecule has 0 aliphatic carbocycles. The maximum Gasteiger partial charge on any atom is 0.147 e. The van der Waals surface area contributed by atoms with Gasteiger partial charge in [-0.2, -0.15) is 0 Å². The first-order valence-corrected chi connectivity index (χ1v) is 8.69. The van der Waals surface area contributed by atoms with Crippen LogP contribution in [0.2, 0.25) is 0 Å². The molecule has 1 aromatic rings. The smallest absolute Gasteiger partial charge is 0.147 e. The van der Waals surface area contributed by atoms with Gasteiger partial charge in [0.05, 0.1) is 12.7 Å². The van der Waals surface area contributed by atoms with Gasteiger partial charge in [-0.3, -0.25) is 0 Å². The summed E-state index contributed by atoms with van der Waals surface area (Å²) in [6, 6.07) is 7.32. The summed E-state index contributed by atoms with van der Waals surface area (Å²) in [5.74, 6) is -0.171. The van der Waals surface area contributed by atoms with Crippen LogP contribution in [0.25, 0.3) is 0 Å². The van der Waals surface area contributed by atoms with Gasteiger partial charge in [0.15, 0.2) is 0 Å². The van der Waals surface area contributed by atoms with Crippen molar-refractivity contribution < 1.29 is 13.9 Å². The zero-order valence-corrected chi connectivity index (χ0v) is 13.7. The number of rotatable bonds is 6. The van der Waals surface area contributed by atoms with Crippen molar-refractivity contribution in [3.63, 3.8) is 0 Å². The maximum absolute atomic E-state index is 12.9. The maximum atomic E-state index is 12.9. The van der Waals surface area contributed by atoms with Gasteiger partial charge in [0.2, 0.25) is 0 Å². The summed E-state index contributed by atoms with van der Waals surface area (Å²) in [6.45, 7) is 5.52. The normalized spacial score (nSPS) is 24.0. The Balaban J connectivity index is 1.31. The molecule has 23 heavy (non-hydrogen) atoms. The first-order valence-electron chi connectivity index (χ1n) is 8.69. The van der Waals surface area contributed by atoms with Crippen molar-refractivity contribution in [3.05, 3.63) is 35.6 Å². The number of halogens is 1. The lowest BCUT2D eigenvalue weighted by Gasteiger charge is -2.33. The van der Waals surface area contributed by atoms with Crippen molar-refractivity contribution in [1.29, 1.82) is 0 Å². The molecule has 2 heterocycles. The number of nitrogens with one attached hydrogen (secondary N) is 1. The minimum absolute atomic E-state index is 0.171. The third-order valence-corrected chi connectivity index (χ3v) is 4.83. The van der Waals surface area contributed by atoms with E-state index in [9.17, 15) is 4.39 Å². The van der Waals surface area contributed by atoms with Gasteiger partial charge in [-0.25, -0.2) is 4.39 Å².